The first-order chi connectivity index (χ1) is 20.2. The smallest absolute Gasteiger partial charge is 0.471 e. The molecule has 0 bridgehead atoms. The highest BCUT2D eigenvalue weighted by atomic mass is 32.2. The fourth-order valence-electron chi connectivity index (χ4n) is 4.93. The summed E-state index contributed by atoms with van der Waals surface area (Å²) in [6.45, 7) is -1.24. The van der Waals surface area contributed by atoms with Gasteiger partial charge in [0.05, 0.1) is 27.0 Å². The Labute approximate surface area is 247 Å². The number of nitrogens with one attached hydrogen (secondary N) is 1. The molecule has 1 amide bonds. The Morgan fingerprint density at radius 2 is 1.23 bits per heavy atom. The minimum Gasteiger partial charge on any atom is -0.611 e. The maximum atomic E-state index is 13.4. The van der Waals surface area contributed by atoms with Crippen LogP contribution in [-0.4, -0.2) is 85.9 Å². The fraction of sp³-hybridized carbons (Fsp3) is 0.370. The zero-order valence-electron chi connectivity index (χ0n) is 22.5. The number of carbonyl (C=O) groups excluding carboxylic acids is 1. The van der Waals surface area contributed by atoms with Gasteiger partial charge in [0, 0.05) is 64.6 Å². The van der Waals surface area contributed by atoms with Gasteiger partial charge in [-0.3, -0.25) is 4.79 Å². The van der Waals surface area contributed by atoms with Gasteiger partial charge in [0.25, 0.3) is 0 Å². The second kappa shape index (κ2) is 12.7. The van der Waals surface area contributed by atoms with E-state index in [1.807, 2.05) is 0 Å². The first-order valence-electron chi connectivity index (χ1n) is 13.0. The lowest BCUT2D eigenvalue weighted by molar-refractivity contribution is -0.167. The van der Waals surface area contributed by atoms with E-state index in [4.69, 9.17) is 0 Å². The molecule has 0 saturated carbocycles. The topological polar surface area (TPSA) is 181 Å². The number of amides is 1. The van der Waals surface area contributed by atoms with E-state index in [1.165, 1.54) is 24.3 Å². The summed E-state index contributed by atoms with van der Waals surface area (Å²) in [5, 5.41) is 30.0. The Balaban J connectivity index is 2.20. The van der Waals surface area contributed by atoms with Crippen LogP contribution in [0, 0.1) is 0 Å². The molecule has 0 spiro atoms. The first kappa shape index (κ1) is 33.2. The second-order valence-electron chi connectivity index (χ2n) is 9.74. The van der Waals surface area contributed by atoms with E-state index in [-0.39, 0.29) is 74.5 Å². The van der Waals surface area contributed by atoms with E-state index < -0.39 is 77.4 Å². The minimum atomic E-state index is -5.28. The van der Waals surface area contributed by atoms with Crippen molar-refractivity contribution in [2.75, 3.05) is 42.4 Å². The average Bonchev–Trinajstić information content (AvgIpc) is 2.95. The molecule has 43 heavy (non-hydrogen) atoms. The highest BCUT2D eigenvalue weighted by molar-refractivity contribution is 7.92. The quantitative estimate of drug-likeness (QED) is 0.124. The summed E-state index contributed by atoms with van der Waals surface area (Å²) in [5.74, 6) is -3.47. The van der Waals surface area contributed by atoms with Gasteiger partial charge in [0.15, 0.2) is 24.6 Å². The maximum absolute atomic E-state index is 13.4. The van der Waals surface area contributed by atoms with E-state index in [1.54, 1.807) is 5.32 Å². The molecule has 16 heteroatoms. The van der Waals surface area contributed by atoms with Gasteiger partial charge in [0.1, 0.15) is 5.75 Å². The van der Waals surface area contributed by atoms with E-state index in [0.717, 1.165) is 12.1 Å². The van der Waals surface area contributed by atoms with Crippen LogP contribution >= 0.6 is 0 Å². The monoisotopic (exact) mass is 663 g/mol. The van der Waals surface area contributed by atoms with E-state index in [9.17, 15) is 54.7 Å². The van der Waals surface area contributed by atoms with Crippen LogP contribution in [0.4, 0.5) is 18.9 Å². The predicted molar refractivity (Wildman–Crippen MR) is 155 cm³/mol. The van der Waals surface area contributed by atoms with Crippen LogP contribution in [-0.2, 0) is 35.6 Å². The molecule has 234 valence electrons. The molecule has 0 aliphatic carbocycles. The molecule has 0 radical (unpaired) electrons. The molecule has 10 nitrogen and oxygen atoms in total. The van der Waals surface area contributed by atoms with Crippen molar-refractivity contribution in [1.82, 2.24) is 0 Å². The summed E-state index contributed by atoms with van der Waals surface area (Å²) in [6, 6.07) is 7.54. The lowest BCUT2D eigenvalue weighted by atomic mass is 9.93. The molecule has 0 fully saturated rings. The van der Waals surface area contributed by atoms with Crippen molar-refractivity contribution in [3.63, 3.8) is 0 Å². The molecule has 0 heterocycles. The number of benzene rings is 4. The Morgan fingerprint density at radius 1 is 0.767 bits per heavy atom. The van der Waals surface area contributed by atoms with Crippen molar-refractivity contribution in [2.24, 2.45) is 0 Å². The highest BCUT2D eigenvalue weighted by Gasteiger charge is 2.39. The Morgan fingerprint density at radius 3 is 1.72 bits per heavy atom. The predicted octanol–water partition coefficient (Wildman–Crippen LogP) is 2.89. The second-order valence-corrected chi connectivity index (χ2v) is 15.4. The summed E-state index contributed by atoms with van der Waals surface area (Å²) in [4.78, 5) is 11.2. The van der Waals surface area contributed by atoms with Crippen molar-refractivity contribution in [2.45, 2.75) is 40.1 Å². The molecule has 1 atom stereocenters. The molecule has 4 aromatic carbocycles. The number of hydrogen-bond acceptors (Lipinski definition) is 9. The maximum Gasteiger partial charge on any atom is 0.471 e. The van der Waals surface area contributed by atoms with Crippen molar-refractivity contribution in [3.05, 3.63) is 36.4 Å². The molecule has 0 saturated heterocycles. The van der Waals surface area contributed by atoms with Crippen LogP contribution in [0.5, 0.6) is 0 Å². The normalized spacial score (nSPS) is 13.7. The largest absolute Gasteiger partial charge is 0.611 e. The standard InChI is InChI=1S/C27H28F3NO9S3/c28-27(29,30)26(35)31-20-14-21(41(36)11-1-8-32)17-5-7-19-23(43(39,40)13-3-10-34)15-22(42(37,38)12-2-9-33)18-6-4-16(20)24(17)25(18)19/h4-7,14-15,32-34H,1-3,8-13H2,(H,31,35). The van der Waals surface area contributed by atoms with Crippen LogP contribution in [0.1, 0.15) is 19.3 Å². The third-order valence-electron chi connectivity index (χ3n) is 6.84. The number of alkyl halides is 3. The molecule has 0 aromatic heterocycles. The SMILES string of the molecule is O=C(Nc1cc([S+]([O-])CCCO)c2ccc3c(S(=O)(=O)CCCO)cc(S(=O)(=O)CCCO)c4ccc1c2c43)C(F)(F)F. The minimum absolute atomic E-state index is 0.00828. The fourth-order valence-corrected chi connectivity index (χ4v) is 9.35. The van der Waals surface area contributed by atoms with Crippen LogP contribution in [0.25, 0.3) is 32.3 Å². The Kier molecular flexibility index (Phi) is 9.80. The summed E-state index contributed by atoms with van der Waals surface area (Å²) < 4.78 is 107. The number of anilines is 1. The Bertz CT molecular complexity index is 1820. The Hall–Kier alpha value is -2.73. The summed E-state index contributed by atoms with van der Waals surface area (Å²) in [7, 11) is -8.44. The third kappa shape index (κ3) is 6.55. The molecule has 0 aliphatic rings. The molecular formula is C27H28F3NO9S3. The van der Waals surface area contributed by atoms with Crippen LogP contribution in [0.3, 0.4) is 0 Å². The van der Waals surface area contributed by atoms with Crippen molar-refractivity contribution < 1.29 is 54.7 Å². The highest BCUT2D eigenvalue weighted by Crippen LogP contribution is 2.45. The van der Waals surface area contributed by atoms with Crippen molar-refractivity contribution in [3.8, 4) is 0 Å². The number of aliphatic hydroxyl groups excluding tert-OH is 3. The van der Waals surface area contributed by atoms with Crippen molar-refractivity contribution in [1.29, 1.82) is 0 Å². The van der Waals surface area contributed by atoms with Gasteiger partial charge >= 0.3 is 12.1 Å². The number of rotatable bonds is 13. The summed E-state index contributed by atoms with van der Waals surface area (Å²) >= 11 is -1.90. The number of aliphatic hydroxyl groups is 3. The van der Waals surface area contributed by atoms with Crippen LogP contribution in [0.2, 0.25) is 0 Å². The summed E-state index contributed by atoms with van der Waals surface area (Å²) in [6.07, 6.45) is -5.50. The molecule has 4 aromatic rings. The van der Waals surface area contributed by atoms with E-state index in [0.29, 0.717) is 0 Å². The molecule has 4 N–H and O–H groups in total. The van der Waals surface area contributed by atoms with Gasteiger partial charge < -0.3 is 25.2 Å². The zero-order valence-corrected chi connectivity index (χ0v) is 24.9. The molecule has 1 unspecified atom stereocenters. The van der Waals surface area contributed by atoms with Gasteiger partial charge in [-0.25, -0.2) is 16.8 Å². The van der Waals surface area contributed by atoms with Gasteiger partial charge in [-0.2, -0.15) is 13.2 Å². The van der Waals surface area contributed by atoms with Gasteiger partial charge in [0.2, 0.25) is 0 Å². The molecule has 4 rings (SSSR count). The number of hydrogen-bond donors (Lipinski definition) is 4. The van der Waals surface area contributed by atoms with Gasteiger partial charge in [-0.1, -0.05) is 18.2 Å². The number of sulfone groups is 2. The third-order valence-corrected chi connectivity index (χ3v) is 12.0. The van der Waals surface area contributed by atoms with Crippen molar-refractivity contribution >= 4 is 74.8 Å². The number of carbonyl (C=O) groups is 1. The summed E-state index contributed by atoms with van der Waals surface area (Å²) in [5.41, 5.74) is -0.380. The average molecular weight is 664 g/mol. The first-order valence-corrected chi connectivity index (χ1v) is 17.6. The van der Waals surface area contributed by atoms with E-state index in [2.05, 4.69) is 0 Å². The van der Waals surface area contributed by atoms with Gasteiger partial charge in [-0.05, 0) is 36.2 Å². The lowest BCUT2D eigenvalue weighted by Gasteiger charge is -2.21. The van der Waals surface area contributed by atoms with Crippen LogP contribution < -0.4 is 5.32 Å². The van der Waals surface area contributed by atoms with E-state index >= 15 is 0 Å². The molecular weight excluding hydrogens is 635 g/mol. The zero-order chi connectivity index (χ0) is 31.7. The van der Waals surface area contributed by atoms with Crippen LogP contribution in [0.15, 0.2) is 51.1 Å². The lowest BCUT2D eigenvalue weighted by Crippen LogP contribution is -2.30. The van der Waals surface area contributed by atoms with Gasteiger partial charge in [-0.15, -0.1) is 0 Å². The molecule has 0 aliphatic heterocycles. The number of halogens is 3.